The fraction of sp³-hybridized carbons (Fsp3) is 0.581. The highest BCUT2D eigenvalue weighted by Crippen LogP contribution is 2.40. The maximum Gasteiger partial charge on any atom is 0.318 e. The van der Waals surface area contributed by atoms with Gasteiger partial charge in [0.25, 0.3) is 5.91 Å². The molecule has 0 bridgehead atoms. The fourth-order valence-corrected chi connectivity index (χ4v) is 7.20. The van der Waals surface area contributed by atoms with Crippen molar-refractivity contribution in [2.75, 3.05) is 18.9 Å². The normalized spacial score (nSPS) is 24.6. The van der Waals surface area contributed by atoms with E-state index in [0.29, 0.717) is 36.7 Å². The Bertz CT molecular complexity index is 1380. The Morgan fingerprint density at radius 3 is 2.52 bits per heavy atom. The molecule has 3 aliphatic carbocycles. The number of benzene rings is 1. The molecule has 4 N–H and O–H groups in total. The van der Waals surface area contributed by atoms with Crippen LogP contribution in [-0.4, -0.2) is 69.6 Å². The molecule has 1 aliphatic heterocycles. The van der Waals surface area contributed by atoms with Crippen LogP contribution in [0.5, 0.6) is 0 Å². The minimum Gasteiger partial charge on any atom is -0.357 e. The van der Waals surface area contributed by atoms with Crippen molar-refractivity contribution in [1.82, 2.24) is 30.6 Å². The Balaban J connectivity index is 1.19. The van der Waals surface area contributed by atoms with E-state index in [4.69, 9.17) is 0 Å². The van der Waals surface area contributed by atoms with Crippen molar-refractivity contribution >= 4 is 29.4 Å². The maximum atomic E-state index is 13.7. The van der Waals surface area contributed by atoms with E-state index in [1.807, 2.05) is 18.2 Å². The summed E-state index contributed by atoms with van der Waals surface area (Å²) in [6.45, 7) is 0.514. The monoisotopic (exact) mass is 575 g/mol. The summed E-state index contributed by atoms with van der Waals surface area (Å²) >= 11 is 0. The number of anilines is 1. The zero-order valence-corrected chi connectivity index (χ0v) is 24.4. The highest BCUT2D eigenvalue weighted by molar-refractivity contribution is 6.01. The number of carbonyl (C=O) groups is 4. The molecule has 3 fully saturated rings. The zero-order chi connectivity index (χ0) is 29.4. The lowest BCUT2D eigenvalue weighted by molar-refractivity contribution is -0.130. The van der Waals surface area contributed by atoms with E-state index in [2.05, 4.69) is 26.4 Å². The van der Waals surface area contributed by atoms with Gasteiger partial charge in [-0.2, -0.15) is 5.10 Å². The van der Waals surface area contributed by atoms with Gasteiger partial charge in [-0.3, -0.25) is 19.1 Å². The third-order valence-corrected chi connectivity index (χ3v) is 9.64. The molecule has 42 heavy (non-hydrogen) atoms. The number of amides is 5. The number of fused-ring (bicyclic) bond motifs is 1. The van der Waals surface area contributed by atoms with Crippen molar-refractivity contribution in [1.29, 1.82) is 0 Å². The third kappa shape index (κ3) is 5.48. The molecule has 5 amide bonds. The van der Waals surface area contributed by atoms with Crippen molar-refractivity contribution < 1.29 is 19.2 Å². The van der Waals surface area contributed by atoms with E-state index in [0.717, 1.165) is 49.7 Å². The molecule has 2 heterocycles. The van der Waals surface area contributed by atoms with E-state index in [1.165, 1.54) is 17.5 Å². The molecule has 3 atom stereocenters. The number of hydrogen-bond donors (Lipinski definition) is 4. The number of aryl methyl sites for hydroxylation is 1. The van der Waals surface area contributed by atoms with Gasteiger partial charge in [-0.15, -0.1) is 0 Å². The molecule has 11 nitrogen and oxygen atoms in total. The van der Waals surface area contributed by atoms with Gasteiger partial charge in [-0.05, 0) is 60.4 Å². The average molecular weight is 576 g/mol. The Morgan fingerprint density at radius 1 is 1.07 bits per heavy atom. The fourth-order valence-electron chi connectivity index (χ4n) is 7.20. The molecule has 224 valence electrons. The molecule has 1 aromatic carbocycles. The van der Waals surface area contributed by atoms with Crippen LogP contribution in [0.25, 0.3) is 0 Å². The Hall–Kier alpha value is -3.89. The van der Waals surface area contributed by atoms with Crippen LogP contribution < -0.4 is 21.3 Å². The number of nitrogens with zero attached hydrogens (tertiary/aromatic N) is 3. The van der Waals surface area contributed by atoms with Crippen molar-refractivity contribution in [2.24, 2.45) is 18.9 Å². The van der Waals surface area contributed by atoms with E-state index >= 15 is 0 Å². The minimum atomic E-state index is -1.01. The second-order valence-corrected chi connectivity index (χ2v) is 12.6. The Labute approximate surface area is 246 Å². The van der Waals surface area contributed by atoms with Crippen LogP contribution in [0.1, 0.15) is 73.0 Å². The molecular weight excluding hydrogens is 534 g/mol. The second-order valence-electron chi connectivity index (χ2n) is 12.6. The smallest absolute Gasteiger partial charge is 0.318 e. The van der Waals surface area contributed by atoms with E-state index in [1.54, 1.807) is 31.3 Å². The molecule has 6 rings (SSSR count). The molecule has 2 unspecified atom stereocenters. The molecule has 11 heteroatoms. The van der Waals surface area contributed by atoms with Crippen molar-refractivity contribution in [2.45, 2.75) is 81.8 Å². The maximum absolute atomic E-state index is 13.7. The Kier molecular flexibility index (Phi) is 7.67. The number of rotatable bonds is 9. The van der Waals surface area contributed by atoms with Gasteiger partial charge in [-0.1, -0.05) is 38.2 Å². The summed E-state index contributed by atoms with van der Waals surface area (Å²) in [5, 5.41) is 16.0. The predicted molar refractivity (Wildman–Crippen MR) is 157 cm³/mol. The summed E-state index contributed by atoms with van der Waals surface area (Å²) in [5.41, 5.74) is 1.92. The highest BCUT2D eigenvalue weighted by Gasteiger charge is 2.53. The van der Waals surface area contributed by atoms with Crippen LogP contribution in [0.4, 0.5) is 10.5 Å². The number of aromatic nitrogens is 2. The number of likely N-dealkylation sites (N-methyl/N-ethyl adjacent to an activating group) is 1. The van der Waals surface area contributed by atoms with Crippen LogP contribution in [0.2, 0.25) is 0 Å². The number of carbonyl (C=O) groups excluding carboxylic acids is 4. The van der Waals surface area contributed by atoms with E-state index in [9.17, 15) is 19.2 Å². The standard InChI is InChI=1S/C31H41N7O4/c1-32-29(41)31(38-18-24(35-30(38)42)14-19-8-9-19)16-21-10-11-23(15-22(21)17-31)34-28(40)26(20-6-4-3-5-7-20)36-27(39)25-12-13-33-37(25)2/h10-13,15,19-20,24,26H,3-9,14,16-18H2,1-2H3,(H,32,41)(H,34,40)(H,35,42)(H,36,39)/t24?,26-,31?/m0/s1. The van der Waals surface area contributed by atoms with Crippen molar-refractivity contribution in [3.63, 3.8) is 0 Å². The SMILES string of the molecule is CNC(=O)C1(N2CC(CC3CC3)NC2=O)Cc2ccc(NC(=O)[C@@H](NC(=O)c3ccnn3C)C3CCCCC3)cc2C1. The largest absolute Gasteiger partial charge is 0.357 e. The molecule has 4 aliphatic rings. The zero-order valence-electron chi connectivity index (χ0n) is 24.4. The average Bonchev–Trinajstić information content (AvgIpc) is 3.37. The summed E-state index contributed by atoms with van der Waals surface area (Å²) in [7, 11) is 3.31. The first-order chi connectivity index (χ1) is 20.3. The van der Waals surface area contributed by atoms with Crippen LogP contribution in [0, 0.1) is 11.8 Å². The number of nitrogens with one attached hydrogen (secondary N) is 4. The van der Waals surface area contributed by atoms with Crippen molar-refractivity contribution in [3.8, 4) is 0 Å². The first-order valence-electron chi connectivity index (χ1n) is 15.3. The number of hydrogen-bond acceptors (Lipinski definition) is 5. The lowest BCUT2D eigenvalue weighted by atomic mass is 9.83. The summed E-state index contributed by atoms with van der Waals surface area (Å²) in [5.74, 6) is -0.0431. The molecule has 2 saturated carbocycles. The first kappa shape index (κ1) is 28.2. The van der Waals surface area contributed by atoms with Gasteiger partial charge in [0.2, 0.25) is 11.8 Å². The molecule has 2 aromatic rings. The minimum absolute atomic E-state index is 0.0449. The molecule has 1 aromatic heterocycles. The summed E-state index contributed by atoms with van der Waals surface area (Å²) in [4.78, 5) is 55.0. The molecule has 0 spiro atoms. The first-order valence-corrected chi connectivity index (χ1v) is 15.3. The van der Waals surface area contributed by atoms with Crippen LogP contribution in [-0.2, 0) is 29.5 Å². The van der Waals surface area contributed by atoms with Gasteiger partial charge in [0.15, 0.2) is 0 Å². The van der Waals surface area contributed by atoms with E-state index < -0.39 is 11.6 Å². The van der Waals surface area contributed by atoms with Crippen LogP contribution in [0.15, 0.2) is 30.5 Å². The lowest BCUT2D eigenvalue weighted by Gasteiger charge is -2.36. The highest BCUT2D eigenvalue weighted by atomic mass is 16.2. The molecule has 1 saturated heterocycles. The lowest BCUT2D eigenvalue weighted by Crippen LogP contribution is -2.60. The van der Waals surface area contributed by atoms with Gasteiger partial charge < -0.3 is 26.2 Å². The third-order valence-electron chi connectivity index (χ3n) is 9.64. The number of urea groups is 1. The summed E-state index contributed by atoms with van der Waals surface area (Å²) < 4.78 is 1.50. The quantitative estimate of drug-likeness (QED) is 0.364. The van der Waals surface area contributed by atoms with Gasteiger partial charge in [0.05, 0.1) is 0 Å². The van der Waals surface area contributed by atoms with Gasteiger partial charge in [0, 0.05) is 51.4 Å². The van der Waals surface area contributed by atoms with Crippen LogP contribution in [0.3, 0.4) is 0 Å². The van der Waals surface area contributed by atoms with Gasteiger partial charge in [0.1, 0.15) is 17.3 Å². The predicted octanol–water partition coefficient (Wildman–Crippen LogP) is 2.51. The van der Waals surface area contributed by atoms with Crippen LogP contribution >= 0.6 is 0 Å². The van der Waals surface area contributed by atoms with Gasteiger partial charge in [-0.25, -0.2) is 4.79 Å². The summed E-state index contributed by atoms with van der Waals surface area (Å²) in [6, 6.07) is 6.52. The molecule has 0 radical (unpaired) electrons. The Morgan fingerprint density at radius 2 is 1.83 bits per heavy atom. The van der Waals surface area contributed by atoms with Crippen molar-refractivity contribution in [3.05, 3.63) is 47.3 Å². The summed E-state index contributed by atoms with van der Waals surface area (Å²) in [6.07, 6.45) is 10.7. The second kappa shape index (κ2) is 11.4. The topological polar surface area (TPSA) is 137 Å². The molecular formula is C31H41N7O4. The van der Waals surface area contributed by atoms with Gasteiger partial charge >= 0.3 is 6.03 Å². The van der Waals surface area contributed by atoms with E-state index in [-0.39, 0.29) is 35.7 Å².